The van der Waals surface area contributed by atoms with E-state index in [2.05, 4.69) is 15.4 Å². The quantitative estimate of drug-likeness (QED) is 0.439. The average molecular weight is 329 g/mol. The van der Waals surface area contributed by atoms with Crippen LogP contribution in [0.5, 0.6) is 5.75 Å². The van der Waals surface area contributed by atoms with Crippen LogP contribution in [-0.4, -0.2) is 36.1 Å². The maximum absolute atomic E-state index is 14.4. The highest BCUT2D eigenvalue weighted by Crippen LogP contribution is 2.31. The van der Waals surface area contributed by atoms with Crippen molar-refractivity contribution < 1.29 is 14.7 Å². The lowest BCUT2D eigenvalue weighted by molar-refractivity contribution is 0.322. The number of oxime groups is 1. The molecule has 0 amide bonds. The molecule has 0 saturated carbocycles. The molecule has 0 atom stereocenters. The molecule has 2 aromatic heterocycles. The molecule has 0 aliphatic carbocycles. The molecular weight excluding hydrogens is 313 g/mol. The number of nitrogens with zero attached hydrogens (tertiary/aromatic N) is 5. The number of rotatable bonds is 3. The van der Waals surface area contributed by atoms with Crippen molar-refractivity contribution >= 4 is 6.21 Å². The van der Waals surface area contributed by atoms with Crippen LogP contribution in [0.3, 0.4) is 0 Å². The van der Waals surface area contributed by atoms with E-state index in [-0.39, 0.29) is 11.4 Å². The number of phenolic OH excluding ortho intramolecular Hbond substituents is 1. The molecule has 2 N–H and O–H groups in total. The highest BCUT2D eigenvalue weighted by atomic mass is 19.1. The number of benzene rings is 1. The van der Waals surface area contributed by atoms with Crippen LogP contribution in [-0.2, 0) is 7.05 Å². The normalized spacial score (nSPS) is 11.5. The van der Waals surface area contributed by atoms with Crippen LogP contribution < -0.4 is 0 Å². The number of aromatic nitrogens is 4. The zero-order valence-corrected chi connectivity index (χ0v) is 13.4. The summed E-state index contributed by atoms with van der Waals surface area (Å²) in [4.78, 5) is 0. The van der Waals surface area contributed by atoms with Crippen molar-refractivity contribution in [2.75, 3.05) is 0 Å². The third-order valence-corrected chi connectivity index (χ3v) is 3.80. The summed E-state index contributed by atoms with van der Waals surface area (Å²) in [5.41, 5.74) is 3.42. The Hall–Kier alpha value is -3.16. The molecule has 0 bridgehead atoms. The molecule has 2 heterocycles. The van der Waals surface area contributed by atoms with E-state index in [0.29, 0.717) is 17.0 Å². The third kappa shape index (κ3) is 2.41. The third-order valence-electron chi connectivity index (χ3n) is 3.80. The van der Waals surface area contributed by atoms with E-state index >= 15 is 0 Å². The van der Waals surface area contributed by atoms with Gasteiger partial charge < -0.3 is 10.3 Å². The molecular formula is C16H16FN5O2. The Bertz CT molecular complexity index is 923. The summed E-state index contributed by atoms with van der Waals surface area (Å²) in [6.45, 7) is 3.61. The van der Waals surface area contributed by atoms with Crippen molar-refractivity contribution in [2.24, 2.45) is 12.2 Å². The number of hydrogen-bond donors (Lipinski definition) is 2. The summed E-state index contributed by atoms with van der Waals surface area (Å²) < 4.78 is 17.4. The first-order chi connectivity index (χ1) is 11.4. The van der Waals surface area contributed by atoms with E-state index in [1.165, 1.54) is 23.0 Å². The second-order valence-electron chi connectivity index (χ2n) is 5.44. The van der Waals surface area contributed by atoms with Gasteiger partial charge in [0.15, 0.2) is 5.82 Å². The topological polar surface area (TPSA) is 88.5 Å². The summed E-state index contributed by atoms with van der Waals surface area (Å²) in [5.74, 6) is -0.790. The molecule has 0 fully saturated rings. The zero-order valence-electron chi connectivity index (χ0n) is 13.4. The summed E-state index contributed by atoms with van der Waals surface area (Å²) in [6, 6.07) is 3.84. The maximum atomic E-state index is 14.4. The van der Waals surface area contributed by atoms with E-state index < -0.39 is 5.82 Å². The van der Waals surface area contributed by atoms with Crippen molar-refractivity contribution in [1.29, 1.82) is 0 Å². The second kappa shape index (κ2) is 5.80. The molecule has 0 aliphatic rings. The Morgan fingerprint density at radius 2 is 2.00 bits per heavy atom. The first-order valence-electron chi connectivity index (χ1n) is 7.19. The van der Waals surface area contributed by atoms with E-state index in [4.69, 9.17) is 5.21 Å². The Labute approximate surface area is 137 Å². The van der Waals surface area contributed by atoms with Gasteiger partial charge in [0.25, 0.3) is 0 Å². The van der Waals surface area contributed by atoms with Crippen molar-refractivity contribution in [3.05, 3.63) is 47.0 Å². The number of phenols is 1. The lowest BCUT2D eigenvalue weighted by atomic mass is 10.1. The van der Waals surface area contributed by atoms with Gasteiger partial charge in [-0.1, -0.05) is 5.16 Å². The summed E-state index contributed by atoms with van der Waals surface area (Å²) in [6.07, 6.45) is 2.95. The van der Waals surface area contributed by atoms with Gasteiger partial charge in [0.2, 0.25) is 0 Å². The van der Waals surface area contributed by atoms with Crippen LogP contribution in [0.15, 0.2) is 29.6 Å². The maximum Gasteiger partial charge on any atom is 0.152 e. The van der Waals surface area contributed by atoms with Crippen LogP contribution in [0.1, 0.15) is 16.8 Å². The minimum Gasteiger partial charge on any atom is -0.508 e. The predicted octanol–water partition coefficient (Wildman–Crippen LogP) is 2.54. The second-order valence-corrected chi connectivity index (χ2v) is 5.44. The van der Waals surface area contributed by atoms with Gasteiger partial charge in [-0.3, -0.25) is 4.68 Å². The van der Waals surface area contributed by atoms with Crippen molar-refractivity contribution in [2.45, 2.75) is 13.8 Å². The van der Waals surface area contributed by atoms with Crippen molar-refractivity contribution in [3.63, 3.8) is 0 Å². The SMILES string of the molecule is Cc1cnn(C)c1-c1c(C=NO)c(C)nn1-c1ccc(O)cc1F. The molecule has 24 heavy (non-hydrogen) atoms. The van der Waals surface area contributed by atoms with Gasteiger partial charge in [-0.25, -0.2) is 9.07 Å². The summed E-state index contributed by atoms with van der Waals surface area (Å²) in [7, 11) is 1.77. The number of aromatic hydroxyl groups is 1. The predicted molar refractivity (Wildman–Crippen MR) is 86.2 cm³/mol. The first kappa shape index (κ1) is 15.7. The Kier molecular flexibility index (Phi) is 3.80. The molecule has 1 aromatic carbocycles. The Morgan fingerprint density at radius 3 is 2.58 bits per heavy atom. The van der Waals surface area contributed by atoms with Gasteiger partial charge in [0.05, 0.1) is 23.8 Å². The van der Waals surface area contributed by atoms with E-state index in [1.807, 2.05) is 6.92 Å². The molecule has 8 heteroatoms. The number of halogens is 1. The van der Waals surface area contributed by atoms with Gasteiger partial charge in [0.1, 0.15) is 17.1 Å². The molecule has 0 saturated heterocycles. The van der Waals surface area contributed by atoms with Crippen LogP contribution >= 0.6 is 0 Å². The van der Waals surface area contributed by atoms with Crippen LogP contribution in [0, 0.1) is 19.7 Å². The van der Waals surface area contributed by atoms with Crippen molar-refractivity contribution in [3.8, 4) is 22.8 Å². The zero-order chi connectivity index (χ0) is 17.4. The average Bonchev–Trinajstić information content (AvgIpc) is 3.00. The Morgan fingerprint density at radius 1 is 1.25 bits per heavy atom. The van der Waals surface area contributed by atoms with Crippen LogP contribution in [0.25, 0.3) is 17.1 Å². The van der Waals surface area contributed by atoms with Gasteiger partial charge in [-0.2, -0.15) is 10.2 Å². The molecule has 0 spiro atoms. The van der Waals surface area contributed by atoms with E-state index in [9.17, 15) is 9.50 Å². The minimum atomic E-state index is -0.619. The molecule has 7 nitrogen and oxygen atoms in total. The molecule has 3 rings (SSSR count). The molecule has 124 valence electrons. The van der Waals surface area contributed by atoms with E-state index in [1.54, 1.807) is 24.9 Å². The van der Waals surface area contributed by atoms with Crippen LogP contribution in [0.2, 0.25) is 0 Å². The summed E-state index contributed by atoms with van der Waals surface area (Å²) in [5, 5.41) is 30.1. The fourth-order valence-electron chi connectivity index (χ4n) is 2.71. The fourth-order valence-corrected chi connectivity index (χ4v) is 2.71. The monoisotopic (exact) mass is 329 g/mol. The highest BCUT2D eigenvalue weighted by molar-refractivity contribution is 5.90. The molecule has 3 aromatic rings. The lowest BCUT2D eigenvalue weighted by Crippen LogP contribution is -2.06. The highest BCUT2D eigenvalue weighted by Gasteiger charge is 2.23. The lowest BCUT2D eigenvalue weighted by Gasteiger charge is -2.11. The van der Waals surface area contributed by atoms with Gasteiger partial charge in [0, 0.05) is 18.7 Å². The molecule has 0 unspecified atom stereocenters. The Balaban J connectivity index is 2.37. The summed E-state index contributed by atoms with van der Waals surface area (Å²) >= 11 is 0. The van der Waals surface area contributed by atoms with Crippen LogP contribution in [0.4, 0.5) is 4.39 Å². The standard InChI is InChI=1S/C16H16FN5O2/c1-9-7-18-21(3)15(9)16-12(8-19-24)10(2)20-22(16)14-5-4-11(23)6-13(14)17/h4-8,23-24H,1-3H3. The van der Waals surface area contributed by atoms with Gasteiger partial charge in [-0.15, -0.1) is 0 Å². The van der Waals surface area contributed by atoms with E-state index in [0.717, 1.165) is 17.3 Å². The van der Waals surface area contributed by atoms with Crippen molar-refractivity contribution in [1.82, 2.24) is 19.6 Å². The number of hydrogen-bond acceptors (Lipinski definition) is 5. The van der Waals surface area contributed by atoms with Gasteiger partial charge >= 0.3 is 0 Å². The fraction of sp³-hybridized carbons (Fsp3) is 0.188. The minimum absolute atomic E-state index is 0.170. The number of aryl methyl sites for hydroxylation is 3. The smallest absolute Gasteiger partial charge is 0.152 e. The largest absolute Gasteiger partial charge is 0.508 e. The molecule has 0 aliphatic heterocycles. The molecule has 0 radical (unpaired) electrons. The first-order valence-corrected chi connectivity index (χ1v) is 7.19. The van der Waals surface area contributed by atoms with Gasteiger partial charge in [-0.05, 0) is 31.5 Å².